The molecule has 1 amide bonds. The molecule has 2 rings (SSSR count). The number of hydrogen-bond donors (Lipinski definition) is 1. The van der Waals surface area contributed by atoms with Crippen molar-refractivity contribution in [2.45, 2.75) is 17.9 Å². The van der Waals surface area contributed by atoms with Crippen LogP contribution in [0.2, 0.25) is 0 Å². The number of hydrogen-bond acceptors (Lipinski definition) is 4. The number of carbonyl (C=O) groups excluding carboxylic acids is 1. The largest absolute Gasteiger partial charge is 0.432 e. The van der Waals surface area contributed by atoms with E-state index in [0.717, 1.165) is 12.1 Å². The molecule has 25 heavy (non-hydrogen) atoms. The molecule has 5 nitrogen and oxygen atoms in total. The molecule has 0 aromatic heterocycles. The highest BCUT2D eigenvalue weighted by molar-refractivity contribution is 7.91. The van der Waals surface area contributed by atoms with Gasteiger partial charge in [-0.05, 0) is 24.3 Å². The Morgan fingerprint density at radius 1 is 1.12 bits per heavy atom. The summed E-state index contributed by atoms with van der Waals surface area (Å²) >= 11 is 0. The van der Waals surface area contributed by atoms with E-state index in [2.05, 4.69) is 10.1 Å². The fourth-order valence-electron chi connectivity index (χ4n) is 1.98. The van der Waals surface area contributed by atoms with Crippen molar-refractivity contribution in [3.63, 3.8) is 0 Å². The minimum atomic E-state index is -3.66. The van der Waals surface area contributed by atoms with Crippen LogP contribution < -0.4 is 10.1 Å². The molecule has 0 unspecified atom stereocenters. The smallest absolute Gasteiger partial charge is 0.387 e. The van der Waals surface area contributed by atoms with Crippen LogP contribution in [0, 0.1) is 5.82 Å². The van der Waals surface area contributed by atoms with Gasteiger partial charge in [-0.1, -0.05) is 18.2 Å². The van der Waals surface area contributed by atoms with Gasteiger partial charge < -0.3 is 10.1 Å². The quantitative estimate of drug-likeness (QED) is 0.809. The van der Waals surface area contributed by atoms with Crippen LogP contribution in [0.15, 0.2) is 53.4 Å². The number of benzene rings is 2. The molecule has 0 fully saturated rings. The number of amides is 1. The monoisotopic (exact) mass is 373 g/mol. The van der Waals surface area contributed by atoms with Crippen molar-refractivity contribution in [2.24, 2.45) is 0 Å². The molecule has 0 aliphatic heterocycles. The van der Waals surface area contributed by atoms with E-state index in [-0.39, 0.29) is 10.6 Å². The number of ether oxygens (including phenoxy) is 1. The van der Waals surface area contributed by atoms with E-state index in [0.29, 0.717) is 6.07 Å². The van der Waals surface area contributed by atoms with Crippen LogP contribution in [0.4, 0.5) is 18.9 Å². The van der Waals surface area contributed by atoms with Crippen molar-refractivity contribution < 1.29 is 31.1 Å². The van der Waals surface area contributed by atoms with Crippen LogP contribution in [0.1, 0.15) is 6.42 Å². The second-order valence-electron chi connectivity index (χ2n) is 4.95. The maximum Gasteiger partial charge on any atom is 0.387 e. The molecule has 0 aliphatic rings. The first-order valence-corrected chi connectivity index (χ1v) is 8.75. The van der Waals surface area contributed by atoms with Gasteiger partial charge in [0, 0.05) is 12.5 Å². The molecule has 0 bridgehead atoms. The summed E-state index contributed by atoms with van der Waals surface area (Å²) < 4.78 is 66.1. The standard InChI is InChI=1S/C16H14F3NO4S/c17-11-6-7-13(14(10-11)24-16(18)19)20-15(21)8-9-25(22,23)12-4-2-1-3-5-12/h1-7,10,16H,8-9H2,(H,20,21). The molecule has 0 aliphatic carbocycles. The zero-order valence-electron chi connectivity index (χ0n) is 12.8. The van der Waals surface area contributed by atoms with Crippen molar-refractivity contribution in [2.75, 3.05) is 11.1 Å². The lowest BCUT2D eigenvalue weighted by molar-refractivity contribution is -0.115. The minimum absolute atomic E-state index is 0.0753. The molecule has 0 spiro atoms. The summed E-state index contributed by atoms with van der Waals surface area (Å²) in [6.07, 6.45) is -0.400. The summed E-state index contributed by atoms with van der Waals surface area (Å²) in [7, 11) is -3.66. The van der Waals surface area contributed by atoms with Crippen LogP contribution in [-0.2, 0) is 14.6 Å². The maximum atomic E-state index is 13.1. The van der Waals surface area contributed by atoms with Crippen LogP contribution in [0.25, 0.3) is 0 Å². The van der Waals surface area contributed by atoms with Crippen LogP contribution in [0.5, 0.6) is 5.75 Å². The average Bonchev–Trinajstić information content (AvgIpc) is 2.56. The molecule has 0 saturated heterocycles. The summed E-state index contributed by atoms with van der Waals surface area (Å²) in [5, 5.41) is 2.24. The van der Waals surface area contributed by atoms with E-state index in [1.54, 1.807) is 18.2 Å². The molecule has 2 aromatic rings. The first-order chi connectivity index (χ1) is 11.8. The Kier molecular flexibility index (Phi) is 6.02. The first-order valence-electron chi connectivity index (χ1n) is 7.10. The van der Waals surface area contributed by atoms with Crippen LogP contribution in [-0.4, -0.2) is 26.7 Å². The number of rotatable bonds is 7. The first kappa shape index (κ1) is 18.8. The van der Waals surface area contributed by atoms with Gasteiger partial charge in [-0.25, -0.2) is 12.8 Å². The maximum absolute atomic E-state index is 13.1. The van der Waals surface area contributed by atoms with E-state index in [1.165, 1.54) is 12.1 Å². The molecule has 9 heteroatoms. The lowest BCUT2D eigenvalue weighted by Crippen LogP contribution is -2.18. The van der Waals surface area contributed by atoms with Gasteiger partial charge in [-0.3, -0.25) is 4.79 Å². The normalized spacial score (nSPS) is 11.4. The fourth-order valence-corrected chi connectivity index (χ4v) is 3.24. The number of halogens is 3. The predicted octanol–water partition coefficient (Wildman–Crippen LogP) is 3.23. The lowest BCUT2D eigenvalue weighted by Gasteiger charge is -2.12. The molecule has 0 atom stereocenters. The summed E-state index contributed by atoms with van der Waals surface area (Å²) in [6.45, 7) is -3.20. The SMILES string of the molecule is O=C(CCS(=O)(=O)c1ccccc1)Nc1ccc(F)cc1OC(F)F. The third kappa shape index (κ3) is 5.49. The average molecular weight is 373 g/mol. The molecule has 1 N–H and O–H groups in total. The van der Waals surface area contributed by atoms with Crippen LogP contribution >= 0.6 is 0 Å². The summed E-state index contributed by atoms with van der Waals surface area (Å²) in [5.41, 5.74) is -0.177. The number of anilines is 1. The van der Waals surface area contributed by atoms with Gasteiger partial charge in [-0.2, -0.15) is 8.78 Å². The Balaban J connectivity index is 2.03. The highest BCUT2D eigenvalue weighted by Gasteiger charge is 2.18. The van der Waals surface area contributed by atoms with Gasteiger partial charge in [-0.15, -0.1) is 0 Å². The Morgan fingerprint density at radius 3 is 2.44 bits per heavy atom. The van der Waals surface area contributed by atoms with Gasteiger partial charge in [0.05, 0.1) is 16.3 Å². The molecular weight excluding hydrogens is 359 g/mol. The van der Waals surface area contributed by atoms with Gasteiger partial charge in [0.2, 0.25) is 5.91 Å². The number of nitrogens with one attached hydrogen (secondary N) is 1. The second-order valence-corrected chi connectivity index (χ2v) is 7.06. The highest BCUT2D eigenvalue weighted by atomic mass is 32.2. The van der Waals surface area contributed by atoms with Gasteiger partial charge in [0.25, 0.3) is 0 Å². The number of sulfone groups is 1. The van der Waals surface area contributed by atoms with Crippen molar-refractivity contribution in [1.82, 2.24) is 0 Å². The Hall–Kier alpha value is -2.55. The highest BCUT2D eigenvalue weighted by Crippen LogP contribution is 2.27. The van der Waals surface area contributed by atoms with E-state index in [4.69, 9.17) is 0 Å². The zero-order chi connectivity index (χ0) is 18.4. The van der Waals surface area contributed by atoms with Crippen molar-refractivity contribution >= 4 is 21.4 Å². The third-order valence-corrected chi connectivity index (χ3v) is 4.87. The Morgan fingerprint density at radius 2 is 1.80 bits per heavy atom. The molecule has 0 heterocycles. The number of carbonyl (C=O) groups is 1. The lowest BCUT2D eigenvalue weighted by atomic mass is 10.2. The van der Waals surface area contributed by atoms with E-state index in [9.17, 15) is 26.4 Å². The van der Waals surface area contributed by atoms with E-state index in [1.807, 2.05) is 0 Å². The molecule has 0 saturated carbocycles. The fraction of sp³-hybridized carbons (Fsp3) is 0.188. The van der Waals surface area contributed by atoms with E-state index < -0.39 is 46.1 Å². The third-order valence-electron chi connectivity index (χ3n) is 3.13. The molecular formula is C16H14F3NO4S. The van der Waals surface area contributed by atoms with Gasteiger partial charge >= 0.3 is 6.61 Å². The number of alkyl halides is 2. The predicted molar refractivity (Wildman–Crippen MR) is 84.8 cm³/mol. The molecule has 134 valence electrons. The van der Waals surface area contributed by atoms with Crippen LogP contribution in [0.3, 0.4) is 0 Å². The van der Waals surface area contributed by atoms with Gasteiger partial charge in [0.1, 0.15) is 5.82 Å². The minimum Gasteiger partial charge on any atom is -0.432 e. The molecule has 0 radical (unpaired) electrons. The second kappa shape index (κ2) is 8.02. The van der Waals surface area contributed by atoms with E-state index >= 15 is 0 Å². The Labute approximate surface area is 142 Å². The van der Waals surface area contributed by atoms with Crippen molar-refractivity contribution in [1.29, 1.82) is 0 Å². The summed E-state index contributed by atoms with van der Waals surface area (Å²) in [5.74, 6) is -2.56. The van der Waals surface area contributed by atoms with Crippen molar-refractivity contribution in [3.8, 4) is 5.75 Å². The molecule has 2 aromatic carbocycles. The summed E-state index contributed by atoms with van der Waals surface area (Å²) in [6, 6.07) is 10.3. The van der Waals surface area contributed by atoms with Gasteiger partial charge in [0.15, 0.2) is 15.6 Å². The zero-order valence-corrected chi connectivity index (χ0v) is 13.6. The van der Waals surface area contributed by atoms with Crippen molar-refractivity contribution in [3.05, 3.63) is 54.3 Å². The Bertz CT molecular complexity index is 842. The summed E-state index contributed by atoms with van der Waals surface area (Å²) in [4.78, 5) is 12.0. The topological polar surface area (TPSA) is 72.5 Å².